The lowest BCUT2D eigenvalue weighted by molar-refractivity contribution is 0.220. The first-order chi connectivity index (χ1) is 10.6. The number of rotatable bonds is 3. The molecule has 3 nitrogen and oxygen atoms in total. The molecule has 0 N–H and O–H groups in total. The zero-order chi connectivity index (χ0) is 15.5. The summed E-state index contributed by atoms with van der Waals surface area (Å²) in [5.41, 5.74) is 2.63. The van der Waals surface area contributed by atoms with Gasteiger partial charge in [0, 0.05) is 42.9 Å². The van der Waals surface area contributed by atoms with Crippen LogP contribution in [-0.2, 0) is 6.54 Å². The van der Waals surface area contributed by atoms with Gasteiger partial charge in [0.25, 0.3) is 0 Å². The van der Waals surface area contributed by atoms with Crippen molar-refractivity contribution in [2.75, 3.05) is 24.5 Å². The highest BCUT2D eigenvalue weighted by molar-refractivity contribution is 9.10. The van der Waals surface area contributed by atoms with Crippen molar-refractivity contribution < 1.29 is 0 Å². The summed E-state index contributed by atoms with van der Waals surface area (Å²) in [7, 11) is 0. The van der Waals surface area contributed by atoms with Gasteiger partial charge in [0.05, 0.1) is 0 Å². The van der Waals surface area contributed by atoms with Crippen molar-refractivity contribution in [2.45, 2.75) is 26.4 Å². The van der Waals surface area contributed by atoms with Crippen LogP contribution >= 0.6 is 15.9 Å². The van der Waals surface area contributed by atoms with Gasteiger partial charge in [0.15, 0.2) is 0 Å². The first-order valence-electron chi connectivity index (χ1n) is 7.78. The number of benzene rings is 1. The van der Waals surface area contributed by atoms with Crippen LogP contribution in [0.1, 0.15) is 18.1 Å². The first-order valence-corrected chi connectivity index (χ1v) is 8.58. The Morgan fingerprint density at radius 3 is 2.68 bits per heavy atom. The number of hydrogen-bond acceptors (Lipinski definition) is 3. The van der Waals surface area contributed by atoms with E-state index in [2.05, 4.69) is 81.0 Å². The van der Waals surface area contributed by atoms with Crippen molar-refractivity contribution in [1.29, 1.82) is 0 Å². The number of anilines is 1. The van der Waals surface area contributed by atoms with E-state index < -0.39 is 0 Å². The Labute approximate surface area is 141 Å². The van der Waals surface area contributed by atoms with E-state index in [1.807, 2.05) is 6.20 Å². The molecule has 0 saturated carbocycles. The summed E-state index contributed by atoms with van der Waals surface area (Å²) < 4.78 is 1.08. The fourth-order valence-corrected chi connectivity index (χ4v) is 3.26. The molecule has 116 valence electrons. The van der Waals surface area contributed by atoms with Crippen LogP contribution in [0, 0.1) is 6.92 Å². The molecule has 3 rings (SSSR count). The van der Waals surface area contributed by atoms with Gasteiger partial charge >= 0.3 is 0 Å². The van der Waals surface area contributed by atoms with Gasteiger partial charge in [0.1, 0.15) is 5.82 Å². The molecule has 1 fully saturated rings. The SMILES string of the molecule is Cc1cc(N2CCN(Cc3ccccc3)CC2C)ncc1Br. The van der Waals surface area contributed by atoms with Crippen LogP contribution in [0.25, 0.3) is 0 Å². The van der Waals surface area contributed by atoms with Gasteiger partial charge in [-0.05, 0) is 47.0 Å². The third-order valence-electron chi connectivity index (χ3n) is 4.29. The van der Waals surface area contributed by atoms with E-state index in [0.717, 1.165) is 36.5 Å². The molecule has 1 aliphatic heterocycles. The highest BCUT2D eigenvalue weighted by atomic mass is 79.9. The Balaban J connectivity index is 1.66. The zero-order valence-corrected chi connectivity index (χ0v) is 14.8. The van der Waals surface area contributed by atoms with Gasteiger partial charge in [-0.3, -0.25) is 4.90 Å². The lowest BCUT2D eigenvalue weighted by Gasteiger charge is -2.40. The number of nitrogens with zero attached hydrogens (tertiary/aromatic N) is 3. The standard InChI is InChI=1S/C18H22BrN3/c1-14-10-18(20-11-17(14)19)22-9-8-21(12-15(22)2)13-16-6-4-3-5-7-16/h3-7,10-11,15H,8-9,12-13H2,1-2H3. The molecule has 1 aromatic carbocycles. The third kappa shape index (κ3) is 3.50. The van der Waals surface area contributed by atoms with Crippen molar-refractivity contribution in [2.24, 2.45) is 0 Å². The molecule has 0 bridgehead atoms. The molecule has 1 saturated heterocycles. The summed E-state index contributed by atoms with van der Waals surface area (Å²) >= 11 is 3.53. The van der Waals surface area contributed by atoms with Crippen molar-refractivity contribution >= 4 is 21.7 Å². The molecule has 0 spiro atoms. The number of halogens is 1. The predicted molar refractivity (Wildman–Crippen MR) is 95.2 cm³/mol. The van der Waals surface area contributed by atoms with Gasteiger partial charge in [-0.15, -0.1) is 0 Å². The molecule has 1 aromatic heterocycles. The molecule has 2 heterocycles. The van der Waals surface area contributed by atoms with Crippen LogP contribution in [-0.4, -0.2) is 35.6 Å². The average Bonchev–Trinajstić information content (AvgIpc) is 2.51. The van der Waals surface area contributed by atoms with Crippen molar-refractivity contribution in [3.05, 3.63) is 58.2 Å². The molecule has 0 radical (unpaired) electrons. The van der Waals surface area contributed by atoms with Crippen LogP contribution in [0.5, 0.6) is 0 Å². The van der Waals surface area contributed by atoms with Gasteiger partial charge in [-0.25, -0.2) is 4.98 Å². The molecule has 4 heteroatoms. The first kappa shape index (κ1) is 15.5. The summed E-state index contributed by atoms with van der Waals surface area (Å²) in [4.78, 5) is 9.53. The highest BCUT2D eigenvalue weighted by Gasteiger charge is 2.24. The maximum Gasteiger partial charge on any atom is 0.129 e. The fourth-order valence-electron chi connectivity index (χ4n) is 3.04. The lowest BCUT2D eigenvalue weighted by Crippen LogP contribution is -2.51. The van der Waals surface area contributed by atoms with Crippen LogP contribution < -0.4 is 4.90 Å². The van der Waals surface area contributed by atoms with Gasteiger partial charge in [-0.2, -0.15) is 0 Å². The third-order valence-corrected chi connectivity index (χ3v) is 5.12. The number of aryl methyl sites for hydroxylation is 1. The molecular formula is C18H22BrN3. The van der Waals surface area contributed by atoms with Crippen LogP contribution in [0.2, 0.25) is 0 Å². The molecule has 0 amide bonds. The molecule has 1 aliphatic rings. The van der Waals surface area contributed by atoms with E-state index >= 15 is 0 Å². The molecule has 1 unspecified atom stereocenters. The monoisotopic (exact) mass is 359 g/mol. The number of pyridine rings is 1. The number of aromatic nitrogens is 1. The molecule has 1 atom stereocenters. The topological polar surface area (TPSA) is 19.4 Å². The maximum absolute atomic E-state index is 4.58. The van der Waals surface area contributed by atoms with E-state index in [-0.39, 0.29) is 0 Å². The van der Waals surface area contributed by atoms with Crippen LogP contribution in [0.15, 0.2) is 47.1 Å². The summed E-state index contributed by atoms with van der Waals surface area (Å²) in [5, 5.41) is 0. The summed E-state index contributed by atoms with van der Waals surface area (Å²) in [6.45, 7) is 8.62. The maximum atomic E-state index is 4.58. The lowest BCUT2D eigenvalue weighted by atomic mass is 10.1. The van der Waals surface area contributed by atoms with Gasteiger partial charge < -0.3 is 4.90 Å². The Bertz CT molecular complexity index is 629. The van der Waals surface area contributed by atoms with E-state index in [0.29, 0.717) is 6.04 Å². The highest BCUT2D eigenvalue weighted by Crippen LogP contribution is 2.23. The normalized spacial score (nSPS) is 19.4. The van der Waals surface area contributed by atoms with E-state index in [4.69, 9.17) is 0 Å². The van der Waals surface area contributed by atoms with Crippen molar-refractivity contribution in [3.63, 3.8) is 0 Å². The smallest absolute Gasteiger partial charge is 0.129 e. The minimum atomic E-state index is 0.477. The largest absolute Gasteiger partial charge is 0.351 e. The second-order valence-electron chi connectivity index (χ2n) is 6.05. The molecular weight excluding hydrogens is 338 g/mol. The number of piperazine rings is 1. The summed E-state index contributed by atoms with van der Waals surface area (Å²) in [5.74, 6) is 1.09. The average molecular weight is 360 g/mol. The Hall–Kier alpha value is -1.39. The fraction of sp³-hybridized carbons (Fsp3) is 0.389. The minimum Gasteiger partial charge on any atom is -0.351 e. The zero-order valence-electron chi connectivity index (χ0n) is 13.2. The molecule has 2 aromatic rings. The second kappa shape index (κ2) is 6.80. The molecule has 0 aliphatic carbocycles. The van der Waals surface area contributed by atoms with Crippen LogP contribution in [0.3, 0.4) is 0 Å². The van der Waals surface area contributed by atoms with Crippen LogP contribution in [0.4, 0.5) is 5.82 Å². The van der Waals surface area contributed by atoms with E-state index in [9.17, 15) is 0 Å². The minimum absolute atomic E-state index is 0.477. The Kier molecular flexibility index (Phi) is 4.79. The number of hydrogen-bond donors (Lipinski definition) is 0. The quantitative estimate of drug-likeness (QED) is 0.829. The van der Waals surface area contributed by atoms with E-state index in [1.54, 1.807) is 0 Å². The predicted octanol–water partition coefficient (Wildman–Crippen LogP) is 3.86. The van der Waals surface area contributed by atoms with Crippen molar-refractivity contribution in [3.8, 4) is 0 Å². The Morgan fingerprint density at radius 1 is 1.23 bits per heavy atom. The molecule has 22 heavy (non-hydrogen) atoms. The Morgan fingerprint density at radius 2 is 2.00 bits per heavy atom. The second-order valence-corrected chi connectivity index (χ2v) is 6.91. The van der Waals surface area contributed by atoms with E-state index in [1.165, 1.54) is 11.1 Å². The van der Waals surface area contributed by atoms with Gasteiger partial charge in [0.2, 0.25) is 0 Å². The summed E-state index contributed by atoms with van der Waals surface area (Å²) in [6, 6.07) is 13.4. The summed E-state index contributed by atoms with van der Waals surface area (Å²) in [6.07, 6.45) is 1.91. The van der Waals surface area contributed by atoms with Gasteiger partial charge in [-0.1, -0.05) is 30.3 Å². The van der Waals surface area contributed by atoms with Crippen molar-refractivity contribution in [1.82, 2.24) is 9.88 Å².